The van der Waals surface area contributed by atoms with Gasteiger partial charge < -0.3 is 14.6 Å². The van der Waals surface area contributed by atoms with Crippen LogP contribution in [0.3, 0.4) is 0 Å². The van der Waals surface area contributed by atoms with Crippen LogP contribution in [0.15, 0.2) is 18.2 Å². The highest BCUT2D eigenvalue weighted by molar-refractivity contribution is 5.73. The lowest BCUT2D eigenvalue weighted by Crippen LogP contribution is -2.20. The van der Waals surface area contributed by atoms with Crippen molar-refractivity contribution in [3.05, 3.63) is 23.8 Å². The Hall–Kier alpha value is -1.71. The molecule has 0 saturated heterocycles. The van der Waals surface area contributed by atoms with Crippen LogP contribution in [0.4, 0.5) is 0 Å². The van der Waals surface area contributed by atoms with Crippen molar-refractivity contribution in [3.63, 3.8) is 0 Å². The van der Waals surface area contributed by atoms with Crippen molar-refractivity contribution >= 4 is 5.97 Å². The molecule has 1 aromatic carbocycles. The van der Waals surface area contributed by atoms with Crippen molar-refractivity contribution in [1.29, 1.82) is 0 Å². The second-order valence-electron chi connectivity index (χ2n) is 4.08. The van der Waals surface area contributed by atoms with Gasteiger partial charge in [-0.2, -0.15) is 0 Å². The molecule has 4 nitrogen and oxygen atoms in total. The summed E-state index contributed by atoms with van der Waals surface area (Å²) < 4.78 is 10.6. The highest BCUT2D eigenvalue weighted by Crippen LogP contribution is 2.30. The van der Waals surface area contributed by atoms with E-state index in [0.29, 0.717) is 31.8 Å². The first kappa shape index (κ1) is 11.8. The quantitative estimate of drug-likeness (QED) is 0.797. The highest BCUT2D eigenvalue weighted by atomic mass is 16.5. The minimum Gasteiger partial charge on any atom is -0.508 e. The first-order valence-corrected chi connectivity index (χ1v) is 5.82. The Bertz CT molecular complexity index is 414. The van der Waals surface area contributed by atoms with Gasteiger partial charge in [0.2, 0.25) is 0 Å². The molecule has 1 aromatic rings. The zero-order valence-corrected chi connectivity index (χ0v) is 9.81. The Balaban J connectivity index is 2.17. The maximum Gasteiger partial charge on any atom is 0.309 e. The molecule has 1 N–H and O–H groups in total. The van der Waals surface area contributed by atoms with Crippen molar-refractivity contribution in [1.82, 2.24) is 0 Å². The Morgan fingerprint density at radius 3 is 3.18 bits per heavy atom. The molecule has 1 aliphatic rings. The summed E-state index contributed by atoms with van der Waals surface area (Å²) in [5.74, 6) is 0.521. The van der Waals surface area contributed by atoms with Gasteiger partial charge in [0.25, 0.3) is 0 Å². The first-order valence-electron chi connectivity index (χ1n) is 5.82. The van der Waals surface area contributed by atoms with E-state index in [9.17, 15) is 9.90 Å². The Morgan fingerprint density at radius 1 is 1.59 bits per heavy atom. The van der Waals surface area contributed by atoms with E-state index in [1.165, 1.54) is 0 Å². The second kappa shape index (κ2) is 5.08. The van der Waals surface area contributed by atoms with E-state index in [0.717, 1.165) is 5.56 Å². The number of aromatic hydroxyl groups is 1. The van der Waals surface area contributed by atoms with Crippen molar-refractivity contribution in [3.8, 4) is 11.5 Å². The predicted octanol–water partition coefficient (Wildman–Crippen LogP) is 1.90. The number of carbonyl (C=O) groups is 1. The van der Waals surface area contributed by atoms with E-state index in [2.05, 4.69) is 0 Å². The molecular formula is C13H16O4. The summed E-state index contributed by atoms with van der Waals surface area (Å²) in [5.41, 5.74) is 0.943. The van der Waals surface area contributed by atoms with Crippen LogP contribution in [0.2, 0.25) is 0 Å². The maximum atomic E-state index is 11.7. The van der Waals surface area contributed by atoms with Gasteiger partial charge in [-0.15, -0.1) is 0 Å². The smallest absolute Gasteiger partial charge is 0.309 e. The molecule has 1 heterocycles. The fourth-order valence-corrected chi connectivity index (χ4v) is 1.99. The second-order valence-corrected chi connectivity index (χ2v) is 4.08. The molecule has 1 atom stereocenters. The summed E-state index contributed by atoms with van der Waals surface area (Å²) >= 11 is 0. The van der Waals surface area contributed by atoms with Crippen LogP contribution in [0.5, 0.6) is 11.5 Å². The molecule has 1 aliphatic heterocycles. The molecule has 0 aliphatic carbocycles. The van der Waals surface area contributed by atoms with E-state index in [1.807, 2.05) is 0 Å². The number of hydrogen-bond donors (Lipinski definition) is 1. The number of esters is 1. The van der Waals surface area contributed by atoms with Gasteiger partial charge in [0.05, 0.1) is 19.1 Å². The van der Waals surface area contributed by atoms with E-state index >= 15 is 0 Å². The normalized spacial score (nSPS) is 18.8. The summed E-state index contributed by atoms with van der Waals surface area (Å²) in [7, 11) is 0. The number of phenolic OH excluding ortho intramolecular Hbond substituents is 1. The molecule has 0 radical (unpaired) electrons. The van der Waals surface area contributed by atoms with Crippen LogP contribution in [0.1, 0.15) is 18.9 Å². The number of fused-ring (bicyclic) bond motifs is 1. The van der Waals surface area contributed by atoms with Gasteiger partial charge in [-0.05, 0) is 31.4 Å². The molecule has 0 bridgehead atoms. The lowest BCUT2D eigenvalue weighted by molar-refractivity contribution is -0.148. The molecule has 0 amide bonds. The van der Waals surface area contributed by atoms with Crippen LogP contribution in [0, 0.1) is 5.92 Å². The van der Waals surface area contributed by atoms with Gasteiger partial charge >= 0.3 is 5.97 Å². The van der Waals surface area contributed by atoms with Crippen LogP contribution < -0.4 is 4.74 Å². The van der Waals surface area contributed by atoms with Crippen molar-refractivity contribution in [2.45, 2.75) is 19.8 Å². The summed E-state index contributed by atoms with van der Waals surface area (Å²) in [6, 6.07) is 4.99. The van der Waals surface area contributed by atoms with Gasteiger partial charge in [0.15, 0.2) is 0 Å². The fraction of sp³-hybridized carbons (Fsp3) is 0.462. The van der Waals surface area contributed by atoms with Crippen molar-refractivity contribution in [2.24, 2.45) is 5.92 Å². The molecule has 2 rings (SSSR count). The third kappa shape index (κ3) is 2.70. The summed E-state index contributed by atoms with van der Waals surface area (Å²) in [6.45, 7) is 2.68. The zero-order valence-electron chi connectivity index (χ0n) is 9.81. The maximum absolute atomic E-state index is 11.7. The van der Waals surface area contributed by atoms with E-state index < -0.39 is 0 Å². The Morgan fingerprint density at radius 2 is 2.41 bits per heavy atom. The number of ether oxygens (including phenoxy) is 2. The highest BCUT2D eigenvalue weighted by Gasteiger charge is 2.24. The van der Waals surface area contributed by atoms with E-state index in [-0.39, 0.29) is 17.6 Å². The molecule has 0 unspecified atom stereocenters. The standard InChI is InChI=1S/C13H16O4/c1-2-16-13(15)10-5-6-17-12-8-11(14)4-3-9(12)7-10/h3-4,8,10,14H,2,5-7H2,1H3/t10-/m1/s1. The number of hydrogen-bond acceptors (Lipinski definition) is 4. The molecule has 0 aromatic heterocycles. The number of benzene rings is 1. The molecule has 92 valence electrons. The minimum absolute atomic E-state index is 0.152. The SMILES string of the molecule is CCOC(=O)[C@@H]1CCOc2cc(O)ccc2C1. The van der Waals surface area contributed by atoms with Crippen LogP contribution in [0.25, 0.3) is 0 Å². The van der Waals surface area contributed by atoms with Gasteiger partial charge in [-0.3, -0.25) is 4.79 Å². The van der Waals surface area contributed by atoms with Gasteiger partial charge in [-0.25, -0.2) is 0 Å². The average molecular weight is 236 g/mol. The largest absolute Gasteiger partial charge is 0.508 e. The summed E-state index contributed by atoms with van der Waals surface area (Å²) in [5, 5.41) is 9.37. The topological polar surface area (TPSA) is 55.8 Å². The minimum atomic E-state index is -0.169. The average Bonchev–Trinajstić information content (AvgIpc) is 2.51. The predicted molar refractivity (Wildman–Crippen MR) is 62.0 cm³/mol. The van der Waals surface area contributed by atoms with Crippen LogP contribution in [-0.2, 0) is 16.0 Å². The van der Waals surface area contributed by atoms with E-state index in [4.69, 9.17) is 9.47 Å². The molecule has 17 heavy (non-hydrogen) atoms. The van der Waals surface area contributed by atoms with Gasteiger partial charge in [-0.1, -0.05) is 6.07 Å². The van der Waals surface area contributed by atoms with Crippen LogP contribution >= 0.6 is 0 Å². The summed E-state index contributed by atoms with van der Waals surface area (Å²) in [4.78, 5) is 11.7. The number of rotatable bonds is 2. The molecular weight excluding hydrogens is 220 g/mol. The Kier molecular flexibility index (Phi) is 3.52. The number of carbonyl (C=O) groups excluding carboxylic acids is 1. The lowest BCUT2D eigenvalue weighted by atomic mass is 9.97. The van der Waals surface area contributed by atoms with E-state index in [1.54, 1.807) is 25.1 Å². The van der Waals surface area contributed by atoms with Crippen LogP contribution in [-0.4, -0.2) is 24.3 Å². The molecule has 0 spiro atoms. The van der Waals surface area contributed by atoms with Crippen molar-refractivity contribution in [2.75, 3.05) is 13.2 Å². The molecule has 0 fully saturated rings. The third-order valence-corrected chi connectivity index (χ3v) is 2.86. The van der Waals surface area contributed by atoms with Gasteiger partial charge in [0, 0.05) is 6.07 Å². The molecule has 0 saturated carbocycles. The Labute approximate surface area is 100 Å². The van der Waals surface area contributed by atoms with Crippen molar-refractivity contribution < 1.29 is 19.4 Å². The molecule has 4 heteroatoms. The third-order valence-electron chi connectivity index (χ3n) is 2.86. The lowest BCUT2D eigenvalue weighted by Gasteiger charge is -2.11. The summed E-state index contributed by atoms with van der Waals surface area (Å²) in [6.07, 6.45) is 1.25. The van der Waals surface area contributed by atoms with Gasteiger partial charge in [0.1, 0.15) is 11.5 Å². The number of phenols is 1. The fourth-order valence-electron chi connectivity index (χ4n) is 1.99. The monoisotopic (exact) mass is 236 g/mol. The zero-order chi connectivity index (χ0) is 12.3. The first-order chi connectivity index (χ1) is 8.20.